The molecular formula is C34H28N10O10S3. The van der Waals surface area contributed by atoms with Gasteiger partial charge in [-0.2, -0.15) is 40.6 Å². The zero-order chi connectivity index (χ0) is 41.3. The summed E-state index contributed by atoms with van der Waals surface area (Å²) in [6.45, 7) is 0. The second-order valence-electron chi connectivity index (χ2n) is 11.8. The Bertz CT molecular complexity index is 3000. The van der Waals surface area contributed by atoms with Crippen molar-refractivity contribution in [1.82, 2.24) is 0 Å². The molecule has 0 aliphatic carbocycles. The van der Waals surface area contributed by atoms with Gasteiger partial charge >= 0.3 is 0 Å². The number of hydrogen-bond acceptors (Lipinski definition) is 17. The SMILES string of the molecule is Nc1ccc(N=Nc2ccc(Nc3ccc(N=Nc4c(S(=O)(=O)O)cc5cc(S(=O)(=O)O)c(N=Nc6ccccc6)c(O)c5c4N)cc3S(=O)(=O)O)cc2)c(N)c1. The first-order chi connectivity index (χ1) is 26.8. The van der Waals surface area contributed by atoms with Crippen molar-refractivity contribution >= 4 is 104 Å². The third kappa shape index (κ3) is 8.99. The Morgan fingerprint density at radius 1 is 0.526 bits per heavy atom. The Hall–Kier alpha value is -6.89. The van der Waals surface area contributed by atoms with Crippen LogP contribution in [0.4, 0.5) is 62.6 Å². The average Bonchev–Trinajstić information content (AvgIpc) is 3.13. The number of nitrogens with zero attached hydrogens (tertiary/aromatic N) is 6. The van der Waals surface area contributed by atoms with Crippen LogP contribution in [-0.2, 0) is 30.4 Å². The van der Waals surface area contributed by atoms with Crippen molar-refractivity contribution < 1.29 is 44.0 Å². The summed E-state index contributed by atoms with van der Waals surface area (Å²) in [5.41, 5.74) is 17.5. The summed E-state index contributed by atoms with van der Waals surface area (Å²) < 4.78 is 105. The Morgan fingerprint density at radius 2 is 1.07 bits per heavy atom. The Kier molecular flexibility index (Phi) is 10.7. The molecule has 6 aromatic rings. The van der Waals surface area contributed by atoms with Crippen molar-refractivity contribution in [2.24, 2.45) is 30.7 Å². The molecule has 0 atom stereocenters. The quantitative estimate of drug-likeness (QED) is 0.0348. The molecule has 0 saturated heterocycles. The number of benzene rings is 6. The molecule has 6 aromatic carbocycles. The average molecular weight is 833 g/mol. The van der Waals surface area contributed by atoms with Crippen molar-refractivity contribution in [3.05, 3.63) is 103 Å². The van der Waals surface area contributed by atoms with Gasteiger partial charge in [0.1, 0.15) is 31.7 Å². The number of nitrogens with one attached hydrogen (secondary N) is 1. The molecule has 23 heteroatoms. The lowest BCUT2D eigenvalue weighted by molar-refractivity contribution is 0.472. The number of nitrogens with two attached hydrogens (primary N) is 3. The van der Waals surface area contributed by atoms with Gasteiger partial charge in [0.25, 0.3) is 30.4 Å². The van der Waals surface area contributed by atoms with Crippen molar-refractivity contribution in [1.29, 1.82) is 0 Å². The monoisotopic (exact) mass is 832 g/mol. The lowest BCUT2D eigenvalue weighted by atomic mass is 10.1. The van der Waals surface area contributed by atoms with E-state index in [0.29, 0.717) is 34.5 Å². The summed E-state index contributed by atoms with van der Waals surface area (Å²) in [5.74, 6) is -0.970. The third-order valence-corrected chi connectivity index (χ3v) is 10.5. The van der Waals surface area contributed by atoms with Crippen LogP contribution in [0.5, 0.6) is 5.75 Å². The summed E-state index contributed by atoms with van der Waals surface area (Å²) >= 11 is 0. The van der Waals surface area contributed by atoms with Gasteiger partial charge in [0, 0.05) is 11.4 Å². The summed E-state index contributed by atoms with van der Waals surface area (Å²) in [6, 6.07) is 23.6. The van der Waals surface area contributed by atoms with Gasteiger partial charge in [0.15, 0.2) is 5.75 Å². The van der Waals surface area contributed by atoms with Gasteiger partial charge in [-0.3, -0.25) is 13.7 Å². The number of anilines is 5. The molecule has 0 aliphatic heterocycles. The van der Waals surface area contributed by atoms with E-state index in [2.05, 4.69) is 36.0 Å². The van der Waals surface area contributed by atoms with Crippen LogP contribution in [0.25, 0.3) is 10.8 Å². The minimum absolute atomic E-state index is 0.110. The number of nitrogen functional groups attached to an aromatic ring is 3. The molecule has 0 spiro atoms. The molecule has 0 unspecified atom stereocenters. The van der Waals surface area contributed by atoms with Crippen LogP contribution in [0.2, 0.25) is 0 Å². The van der Waals surface area contributed by atoms with E-state index in [1.165, 1.54) is 30.3 Å². The molecule has 0 fully saturated rings. The van der Waals surface area contributed by atoms with Gasteiger partial charge in [-0.05, 0) is 90.3 Å². The molecular weight excluding hydrogens is 805 g/mol. The van der Waals surface area contributed by atoms with E-state index >= 15 is 0 Å². The predicted octanol–water partition coefficient (Wildman–Crippen LogP) is 8.02. The first-order valence-corrected chi connectivity index (χ1v) is 20.1. The highest BCUT2D eigenvalue weighted by atomic mass is 32.2. The highest BCUT2D eigenvalue weighted by Gasteiger charge is 2.28. The Morgan fingerprint density at radius 3 is 1.68 bits per heavy atom. The highest BCUT2D eigenvalue weighted by molar-refractivity contribution is 7.86. The molecule has 292 valence electrons. The minimum atomic E-state index is -5.20. The smallest absolute Gasteiger partial charge is 0.296 e. The van der Waals surface area contributed by atoms with E-state index in [-0.39, 0.29) is 17.1 Å². The zero-order valence-electron chi connectivity index (χ0n) is 28.7. The maximum atomic E-state index is 12.5. The molecule has 6 rings (SSSR count). The standard InChI is InChI=1S/C34H28N10O10S3/c35-19-6-12-25(24(36)16-19)42-39-22-9-7-20(8-10-22)38-26-13-11-23(17-27(26)55(46,47)48)41-43-32-28(56(49,50)51)14-18-15-29(57(52,53)54)33(34(45)30(18)31(32)37)44-40-21-4-2-1-3-5-21/h1-17,38,45H,35-37H2,(H,46,47,48)(H,49,50,51)(H,52,53,54). The predicted molar refractivity (Wildman–Crippen MR) is 210 cm³/mol. The fourth-order valence-electron chi connectivity index (χ4n) is 5.25. The number of phenols is 1. The highest BCUT2D eigenvalue weighted by Crippen LogP contribution is 2.48. The van der Waals surface area contributed by atoms with Crippen molar-refractivity contribution in [2.75, 3.05) is 22.5 Å². The van der Waals surface area contributed by atoms with Crippen molar-refractivity contribution in [3.63, 3.8) is 0 Å². The second kappa shape index (κ2) is 15.3. The van der Waals surface area contributed by atoms with E-state index in [0.717, 1.165) is 12.1 Å². The van der Waals surface area contributed by atoms with E-state index in [1.54, 1.807) is 54.6 Å². The van der Waals surface area contributed by atoms with Crippen LogP contribution in [0.3, 0.4) is 0 Å². The van der Waals surface area contributed by atoms with E-state index in [4.69, 9.17) is 17.2 Å². The van der Waals surface area contributed by atoms with Gasteiger partial charge in [0.05, 0.1) is 39.5 Å². The summed E-state index contributed by atoms with van der Waals surface area (Å²) in [4.78, 5) is -2.66. The Labute approximate surface area is 323 Å². The second-order valence-corrected chi connectivity index (χ2v) is 16.0. The molecule has 0 aromatic heterocycles. The maximum Gasteiger partial charge on any atom is 0.296 e. The van der Waals surface area contributed by atoms with E-state index in [1.807, 2.05) is 0 Å². The number of fused-ring (bicyclic) bond motifs is 1. The molecule has 0 radical (unpaired) electrons. The molecule has 0 heterocycles. The zero-order valence-corrected chi connectivity index (χ0v) is 31.1. The topological polar surface area (TPSA) is 348 Å². The van der Waals surface area contributed by atoms with Gasteiger partial charge < -0.3 is 27.6 Å². The largest absolute Gasteiger partial charge is 0.505 e. The van der Waals surface area contributed by atoms with Crippen LogP contribution in [0.15, 0.2) is 149 Å². The normalized spacial score (nSPS) is 12.6. The number of phenolic OH excluding ortho intramolecular Hbond substituents is 1. The van der Waals surface area contributed by atoms with Crippen LogP contribution < -0.4 is 22.5 Å². The van der Waals surface area contributed by atoms with Crippen molar-refractivity contribution in [2.45, 2.75) is 14.7 Å². The molecule has 57 heavy (non-hydrogen) atoms. The molecule has 11 N–H and O–H groups in total. The van der Waals surface area contributed by atoms with E-state index < -0.39 is 78.6 Å². The Balaban J connectivity index is 1.37. The number of hydrogen-bond donors (Lipinski definition) is 8. The lowest BCUT2D eigenvalue weighted by Gasteiger charge is -2.14. The molecule has 0 bridgehead atoms. The van der Waals surface area contributed by atoms with Gasteiger partial charge in [-0.1, -0.05) is 18.2 Å². The fraction of sp³-hybridized carbons (Fsp3) is 0. The molecule has 20 nitrogen and oxygen atoms in total. The first kappa shape index (κ1) is 39.8. The van der Waals surface area contributed by atoms with E-state index in [9.17, 15) is 44.0 Å². The molecule has 0 aliphatic rings. The van der Waals surface area contributed by atoms with Gasteiger partial charge in [-0.25, -0.2) is 0 Å². The third-order valence-electron chi connectivity index (χ3n) is 7.87. The summed E-state index contributed by atoms with van der Waals surface area (Å²) in [7, 11) is -15.3. The fourth-order valence-corrected chi connectivity index (χ4v) is 7.24. The van der Waals surface area contributed by atoms with Crippen molar-refractivity contribution in [3.8, 4) is 5.75 Å². The van der Waals surface area contributed by atoms with Crippen LogP contribution >= 0.6 is 0 Å². The van der Waals surface area contributed by atoms with Gasteiger partial charge in [0.2, 0.25) is 0 Å². The van der Waals surface area contributed by atoms with Crippen LogP contribution in [-0.4, -0.2) is 44.0 Å². The maximum absolute atomic E-state index is 12.5. The minimum Gasteiger partial charge on any atom is -0.505 e. The van der Waals surface area contributed by atoms with Crippen LogP contribution in [0.1, 0.15) is 0 Å². The summed E-state index contributed by atoms with van der Waals surface area (Å²) in [6.07, 6.45) is 0. The molecule has 0 amide bonds. The lowest BCUT2D eigenvalue weighted by Crippen LogP contribution is -2.04. The number of rotatable bonds is 11. The molecule has 0 saturated carbocycles. The number of azo groups is 3. The number of aromatic hydroxyl groups is 1. The summed E-state index contributed by atoms with van der Waals surface area (Å²) in [5, 5.41) is 36.8. The van der Waals surface area contributed by atoms with Crippen LogP contribution in [0, 0.1) is 0 Å². The first-order valence-electron chi connectivity index (χ1n) is 15.8. The van der Waals surface area contributed by atoms with Gasteiger partial charge in [-0.15, -0.1) is 15.3 Å².